The minimum absolute atomic E-state index is 0.000793. The van der Waals surface area contributed by atoms with E-state index in [9.17, 15) is 19.4 Å². The molecule has 1 saturated carbocycles. The summed E-state index contributed by atoms with van der Waals surface area (Å²) >= 11 is 0. The van der Waals surface area contributed by atoms with Crippen molar-refractivity contribution in [3.8, 4) is 34.0 Å². The number of piperazine rings is 1. The fourth-order valence-corrected chi connectivity index (χ4v) is 14.6. The summed E-state index contributed by atoms with van der Waals surface area (Å²) in [6.07, 6.45) is 14.0. The smallest absolute Gasteiger partial charge is 0.254 e. The number of aliphatic hydroxyl groups excluding tert-OH is 1. The van der Waals surface area contributed by atoms with Crippen molar-refractivity contribution in [2.45, 2.75) is 138 Å². The van der Waals surface area contributed by atoms with Crippen LogP contribution in [0.15, 0.2) is 113 Å². The van der Waals surface area contributed by atoms with Gasteiger partial charge in [-0.1, -0.05) is 68.4 Å². The van der Waals surface area contributed by atoms with E-state index in [2.05, 4.69) is 52.9 Å². The number of phenolic OH excluding ortho intramolecular Hbond substituents is 1. The van der Waals surface area contributed by atoms with Crippen molar-refractivity contribution in [1.82, 2.24) is 50.5 Å². The number of carbonyl (C=O) groups excluding carboxylic acids is 1. The number of benzene rings is 3. The summed E-state index contributed by atoms with van der Waals surface area (Å²) in [6.45, 7) is 9.88. The van der Waals surface area contributed by atoms with Crippen molar-refractivity contribution in [2.75, 3.05) is 37.6 Å². The largest absolute Gasteiger partial charge is 0.507 e. The van der Waals surface area contributed by atoms with Crippen LogP contribution in [-0.2, 0) is 20.9 Å². The van der Waals surface area contributed by atoms with Crippen molar-refractivity contribution < 1.29 is 33.5 Å². The molecule has 5 saturated heterocycles. The van der Waals surface area contributed by atoms with Gasteiger partial charge in [0.25, 0.3) is 5.88 Å². The van der Waals surface area contributed by atoms with Gasteiger partial charge in [0, 0.05) is 90.9 Å². The van der Waals surface area contributed by atoms with Gasteiger partial charge in [-0.15, -0.1) is 10.2 Å². The number of halogens is 1. The van der Waals surface area contributed by atoms with Crippen LogP contribution in [0.3, 0.4) is 0 Å². The zero-order valence-corrected chi connectivity index (χ0v) is 45.3. The van der Waals surface area contributed by atoms with Crippen molar-refractivity contribution in [2.24, 2.45) is 10.9 Å². The number of aliphatic hydroxyl groups is 1. The van der Waals surface area contributed by atoms with Crippen molar-refractivity contribution in [3.05, 3.63) is 132 Å². The zero-order valence-electron chi connectivity index (χ0n) is 45.3. The Hall–Kier alpha value is -7.32. The summed E-state index contributed by atoms with van der Waals surface area (Å²) in [5, 5.41) is 35.6. The number of ether oxygens (including phenoxy) is 1. The number of aromatic amines is 1. The first-order valence-corrected chi connectivity index (χ1v) is 28.6. The molecule has 414 valence electrons. The second-order valence-corrected chi connectivity index (χ2v) is 23.9. The lowest BCUT2D eigenvalue weighted by Gasteiger charge is -2.72. The number of aliphatic imine (C=N–C) groups is 1. The number of para-hydroxylation sites is 1. The van der Waals surface area contributed by atoms with E-state index in [4.69, 9.17) is 29.1 Å². The number of H-pyrrole nitrogens is 1. The molecule has 7 aliphatic rings. The summed E-state index contributed by atoms with van der Waals surface area (Å²) < 4.78 is 26.9. The molecule has 19 heteroatoms. The van der Waals surface area contributed by atoms with Gasteiger partial charge in [-0.3, -0.25) is 9.69 Å². The quantitative estimate of drug-likeness (QED) is 0.0854. The molecule has 0 bridgehead atoms. The van der Waals surface area contributed by atoms with Crippen molar-refractivity contribution >= 4 is 28.5 Å². The molecule has 0 spiro atoms. The molecule has 2 unspecified atom stereocenters. The highest BCUT2D eigenvalue weighted by Gasteiger charge is 2.67. The highest BCUT2D eigenvalue weighted by Crippen LogP contribution is 2.59. The standard InChI is InChI=1S/C61H67FN12O6/c1-35(2)55(58(77)73-34-43(75)24-50(73)57-66-60(3,80-70-57)39-14-12-37(13-15-39)45-8-4-6-10-48(45)62)53-26-54(69-79-53)78-44-18-16-40(17-19-44)71-22-20-36(21-23-71)38-29-64-59(65-30-38)61-27-41-32-72(33-42(28-61)74(41)61)51-31-63-56-47(51)25-49(67-68-56)46-9-5-7-11-52(46)76/h4-15,25-26,29-31,35-36,40-44,50,55,75-76H,16-24,27-28,32-34H2,1-3H3,(H,63,68)(H,66,70)/t40?,41?,42?,43-,44?,50+,55-,60+,61?/m1/s1. The molecule has 7 aromatic rings. The molecule has 6 atom stereocenters. The number of likely N-dealkylation sites (tertiary alicyclic amines) is 2. The lowest BCUT2D eigenvalue weighted by Crippen LogP contribution is -2.82. The lowest BCUT2D eigenvalue weighted by molar-refractivity contribution is -0.216. The van der Waals surface area contributed by atoms with E-state index in [1.165, 1.54) is 11.6 Å². The van der Waals surface area contributed by atoms with E-state index >= 15 is 0 Å². The number of rotatable bonds is 13. The zero-order chi connectivity index (χ0) is 54.4. The average Bonchev–Trinajstić information content (AvgIpc) is 4.48. The summed E-state index contributed by atoms with van der Waals surface area (Å²) in [7, 11) is 0. The third-order valence-corrected chi connectivity index (χ3v) is 18.7. The second-order valence-electron chi connectivity index (χ2n) is 23.9. The number of carbonyl (C=O) groups is 1. The van der Waals surface area contributed by atoms with Gasteiger partial charge in [0.05, 0.1) is 29.1 Å². The number of anilines is 1. The van der Waals surface area contributed by atoms with E-state index in [-0.39, 0.29) is 41.6 Å². The maximum atomic E-state index is 14.5. The lowest BCUT2D eigenvalue weighted by atomic mass is 9.62. The maximum Gasteiger partial charge on any atom is 0.254 e. The van der Waals surface area contributed by atoms with E-state index in [0.29, 0.717) is 64.8 Å². The fourth-order valence-electron chi connectivity index (χ4n) is 14.6. The van der Waals surface area contributed by atoms with E-state index < -0.39 is 23.8 Å². The number of amides is 1. The number of amidine groups is 1. The van der Waals surface area contributed by atoms with E-state index in [1.807, 2.05) is 75.5 Å². The number of piperidine rings is 2. The Balaban J connectivity index is 0.549. The molecule has 6 fully saturated rings. The molecular weight excluding hydrogens is 1020 g/mol. The molecule has 18 nitrogen and oxygen atoms in total. The van der Waals surface area contributed by atoms with Crippen LogP contribution in [-0.4, -0.2) is 136 Å². The Morgan fingerprint density at radius 2 is 1.59 bits per heavy atom. The molecular formula is C61H67FN12O6. The number of hydrogen-bond acceptors (Lipinski definition) is 16. The summed E-state index contributed by atoms with van der Waals surface area (Å²) in [5.74, 6) is 1.58. The number of aromatic nitrogens is 6. The number of fused-ring (bicyclic) bond motifs is 1. The normalized spacial score (nSPS) is 28.3. The summed E-state index contributed by atoms with van der Waals surface area (Å²) in [6, 6.07) is 26.0. The van der Waals surface area contributed by atoms with Gasteiger partial charge < -0.3 is 39.2 Å². The van der Waals surface area contributed by atoms with E-state index in [1.54, 1.807) is 35.2 Å². The van der Waals surface area contributed by atoms with Crippen LogP contribution in [0.4, 0.5) is 10.1 Å². The molecule has 0 radical (unpaired) electrons. The van der Waals surface area contributed by atoms with Crippen LogP contribution >= 0.6 is 0 Å². The van der Waals surface area contributed by atoms with Crippen LogP contribution < -0.4 is 15.1 Å². The third kappa shape index (κ3) is 8.87. The number of nitrogens with zero attached hydrogens (tertiary/aromatic N) is 10. The Kier molecular flexibility index (Phi) is 12.7. The average molecular weight is 1080 g/mol. The number of β-amino-alcohol motifs (C(OH)–C–C–N with tert-alkyl or cyclic N) is 1. The molecule has 4 aromatic heterocycles. The second kappa shape index (κ2) is 20.0. The molecule has 6 aliphatic heterocycles. The summed E-state index contributed by atoms with van der Waals surface area (Å²) in [4.78, 5) is 48.5. The highest BCUT2D eigenvalue weighted by molar-refractivity contribution is 5.95. The SMILES string of the molecule is CC(C)[C@@H](C(=O)N1C[C@H](O)C[C@H]1C1=N[C@](C)(c2ccc(-c3ccccc3F)cc2)ON1)c1cc(OC2CCC(N3CCC(c4cnc(C56CC7CN(c8c[nH]c9nnc(-c%10ccccc%10O)cc89)CC(C5)N76)nc4)CC3)CC2)no1. The maximum absolute atomic E-state index is 14.5. The highest BCUT2D eigenvalue weighted by atomic mass is 19.1. The first-order chi connectivity index (χ1) is 38.9. The van der Waals surface area contributed by atoms with Gasteiger partial charge in [0.1, 0.15) is 35.2 Å². The number of hydroxylamine groups is 1. The van der Waals surface area contributed by atoms with Crippen LogP contribution in [0.1, 0.15) is 113 Å². The number of nitrogens with one attached hydrogen (secondary N) is 2. The Bertz CT molecular complexity index is 3450. The fraction of sp³-hybridized carbons (Fsp3) is 0.459. The monoisotopic (exact) mass is 1080 g/mol. The van der Waals surface area contributed by atoms with Gasteiger partial charge in [-0.2, -0.15) is 0 Å². The molecule has 1 aliphatic carbocycles. The van der Waals surface area contributed by atoms with Crippen LogP contribution in [0.25, 0.3) is 33.4 Å². The van der Waals surface area contributed by atoms with Crippen LogP contribution in [0.2, 0.25) is 0 Å². The topological polar surface area (TPSA) is 207 Å². The third-order valence-electron chi connectivity index (χ3n) is 18.7. The van der Waals surface area contributed by atoms with Gasteiger partial charge in [-0.25, -0.2) is 29.7 Å². The van der Waals surface area contributed by atoms with Crippen LogP contribution in [0.5, 0.6) is 11.6 Å². The molecule has 4 N–H and O–H groups in total. The van der Waals surface area contributed by atoms with Crippen molar-refractivity contribution in [1.29, 1.82) is 0 Å². The number of phenols is 1. The van der Waals surface area contributed by atoms with Gasteiger partial charge in [0.2, 0.25) is 11.6 Å². The predicted octanol–water partition coefficient (Wildman–Crippen LogP) is 8.55. The van der Waals surface area contributed by atoms with Gasteiger partial charge >= 0.3 is 0 Å². The number of aromatic hydroxyl groups is 1. The number of hydrogen-bond donors (Lipinski definition) is 4. The van der Waals surface area contributed by atoms with Gasteiger partial charge in [0.15, 0.2) is 11.4 Å². The molecule has 10 heterocycles. The van der Waals surface area contributed by atoms with Gasteiger partial charge in [-0.05, 0) is 124 Å². The van der Waals surface area contributed by atoms with Crippen molar-refractivity contribution in [3.63, 3.8) is 0 Å². The Labute approximate surface area is 463 Å². The molecule has 1 amide bonds. The first-order valence-electron chi connectivity index (χ1n) is 28.6. The molecule has 14 rings (SSSR count). The predicted molar refractivity (Wildman–Crippen MR) is 297 cm³/mol. The summed E-state index contributed by atoms with van der Waals surface area (Å²) in [5.41, 5.74) is 8.27. The van der Waals surface area contributed by atoms with E-state index in [0.717, 1.165) is 111 Å². The Morgan fingerprint density at radius 3 is 2.31 bits per heavy atom. The van der Waals surface area contributed by atoms with Crippen LogP contribution in [0, 0.1) is 11.7 Å². The minimum atomic E-state index is -1.11. The minimum Gasteiger partial charge on any atom is -0.507 e. The molecule has 3 aromatic carbocycles. The Morgan fingerprint density at radius 1 is 0.863 bits per heavy atom. The first kappa shape index (κ1) is 50.9. The molecule has 80 heavy (non-hydrogen) atoms.